The van der Waals surface area contributed by atoms with Gasteiger partial charge in [-0.05, 0) is 53.8 Å². The lowest BCUT2D eigenvalue weighted by molar-refractivity contribution is -0.151. The largest absolute Gasteiger partial charge is 0.468 e. The third-order valence-corrected chi connectivity index (χ3v) is 3.82. The van der Waals surface area contributed by atoms with E-state index < -0.39 is 5.54 Å². The van der Waals surface area contributed by atoms with E-state index in [4.69, 9.17) is 4.74 Å². The second-order valence-electron chi connectivity index (χ2n) is 6.58. The van der Waals surface area contributed by atoms with Gasteiger partial charge in [0, 0.05) is 25.7 Å². The maximum atomic E-state index is 12.4. The molecule has 0 amide bonds. The summed E-state index contributed by atoms with van der Waals surface area (Å²) in [5.41, 5.74) is -0.552. The van der Waals surface area contributed by atoms with Gasteiger partial charge in [-0.15, -0.1) is 0 Å². The predicted octanol–water partition coefficient (Wildman–Crippen LogP) is 0.800. The number of nitrogens with one attached hydrogen (secondary N) is 1. The van der Waals surface area contributed by atoms with Gasteiger partial charge < -0.3 is 14.5 Å². The summed E-state index contributed by atoms with van der Waals surface area (Å²) in [7, 11) is 7.69. The second kappa shape index (κ2) is 7.38. The van der Waals surface area contributed by atoms with Crippen molar-refractivity contribution in [1.82, 2.24) is 15.1 Å². The maximum absolute atomic E-state index is 12.4. The minimum atomic E-state index is -0.552. The number of hydrogen-bond acceptors (Lipinski definition) is 5. The molecule has 0 radical (unpaired) electrons. The topological polar surface area (TPSA) is 44.8 Å². The number of esters is 1. The van der Waals surface area contributed by atoms with E-state index in [2.05, 4.69) is 50.1 Å². The van der Waals surface area contributed by atoms with Crippen molar-refractivity contribution < 1.29 is 9.53 Å². The standard InChI is InChI=1S/C15H31N3O2/c1-12(2)16-15(13-7-8-13,14(19)20-6)11-18(5)10-9-17(3)4/h12-13,16H,7-11H2,1-6H3. The Labute approximate surface area is 123 Å². The van der Waals surface area contributed by atoms with E-state index in [0.717, 1.165) is 25.9 Å². The number of ether oxygens (including phenoxy) is 1. The molecule has 0 spiro atoms. The van der Waals surface area contributed by atoms with Crippen LogP contribution in [0.3, 0.4) is 0 Å². The van der Waals surface area contributed by atoms with Crippen molar-refractivity contribution in [2.75, 3.05) is 47.9 Å². The van der Waals surface area contributed by atoms with Crippen molar-refractivity contribution in [2.24, 2.45) is 5.92 Å². The van der Waals surface area contributed by atoms with Crippen LogP contribution in [0.4, 0.5) is 0 Å². The average Bonchev–Trinajstić information content (AvgIpc) is 3.18. The van der Waals surface area contributed by atoms with Crippen LogP contribution in [0, 0.1) is 5.92 Å². The van der Waals surface area contributed by atoms with Crippen molar-refractivity contribution >= 4 is 5.97 Å². The molecule has 1 atom stereocenters. The number of methoxy groups -OCH3 is 1. The van der Waals surface area contributed by atoms with Gasteiger partial charge >= 0.3 is 5.97 Å². The molecule has 0 aromatic carbocycles. The molecule has 1 saturated carbocycles. The van der Waals surface area contributed by atoms with Crippen molar-refractivity contribution in [3.8, 4) is 0 Å². The quantitative estimate of drug-likeness (QED) is 0.635. The molecule has 5 heteroatoms. The van der Waals surface area contributed by atoms with E-state index >= 15 is 0 Å². The Bertz CT molecular complexity index is 316. The minimum absolute atomic E-state index is 0.120. The van der Waals surface area contributed by atoms with E-state index in [0.29, 0.717) is 12.5 Å². The zero-order valence-electron chi connectivity index (χ0n) is 13.9. The fourth-order valence-electron chi connectivity index (χ4n) is 2.73. The van der Waals surface area contributed by atoms with Gasteiger partial charge in [-0.3, -0.25) is 5.32 Å². The van der Waals surface area contributed by atoms with Crippen LogP contribution < -0.4 is 5.32 Å². The Balaban J connectivity index is 2.77. The summed E-state index contributed by atoms with van der Waals surface area (Å²) in [6, 6.07) is 0.261. The van der Waals surface area contributed by atoms with E-state index in [1.54, 1.807) is 0 Å². The number of carbonyl (C=O) groups excluding carboxylic acids is 1. The summed E-state index contributed by atoms with van der Waals surface area (Å²) in [5, 5.41) is 3.49. The number of rotatable bonds is 9. The lowest BCUT2D eigenvalue weighted by Gasteiger charge is -2.37. The summed E-state index contributed by atoms with van der Waals surface area (Å²) in [4.78, 5) is 16.8. The molecule has 1 aliphatic rings. The summed E-state index contributed by atoms with van der Waals surface area (Å²) in [6.45, 7) is 6.80. The summed E-state index contributed by atoms with van der Waals surface area (Å²) < 4.78 is 5.11. The fourth-order valence-corrected chi connectivity index (χ4v) is 2.73. The zero-order chi connectivity index (χ0) is 15.3. The van der Waals surface area contributed by atoms with Crippen molar-refractivity contribution in [3.05, 3.63) is 0 Å². The minimum Gasteiger partial charge on any atom is -0.468 e. The Hall–Kier alpha value is -0.650. The molecule has 20 heavy (non-hydrogen) atoms. The molecule has 0 aromatic rings. The molecule has 1 N–H and O–H groups in total. The smallest absolute Gasteiger partial charge is 0.327 e. The molecule has 0 heterocycles. The molecule has 0 aliphatic heterocycles. The Morgan fingerprint density at radius 1 is 1.30 bits per heavy atom. The first kappa shape index (κ1) is 17.4. The number of hydrogen-bond donors (Lipinski definition) is 1. The molecule has 1 fully saturated rings. The van der Waals surface area contributed by atoms with Gasteiger partial charge in [-0.1, -0.05) is 0 Å². The predicted molar refractivity (Wildman–Crippen MR) is 81.8 cm³/mol. The summed E-state index contributed by atoms with van der Waals surface area (Å²) in [6.07, 6.45) is 2.21. The van der Waals surface area contributed by atoms with Crippen LogP contribution in [-0.2, 0) is 9.53 Å². The molecule has 1 rings (SSSR count). The monoisotopic (exact) mass is 285 g/mol. The molecule has 0 saturated heterocycles. The van der Waals surface area contributed by atoms with Crippen LogP contribution in [0.5, 0.6) is 0 Å². The van der Waals surface area contributed by atoms with Gasteiger partial charge in [0.25, 0.3) is 0 Å². The highest BCUT2D eigenvalue weighted by Gasteiger charge is 2.52. The third kappa shape index (κ3) is 4.72. The van der Waals surface area contributed by atoms with Gasteiger partial charge in [0.1, 0.15) is 5.54 Å². The molecule has 5 nitrogen and oxygen atoms in total. The summed E-state index contributed by atoms with van der Waals surface area (Å²) in [5.74, 6) is 0.282. The molecule has 0 aromatic heterocycles. The van der Waals surface area contributed by atoms with E-state index in [1.165, 1.54) is 7.11 Å². The Morgan fingerprint density at radius 2 is 1.90 bits per heavy atom. The first-order valence-electron chi connectivity index (χ1n) is 7.51. The highest BCUT2D eigenvalue weighted by atomic mass is 16.5. The second-order valence-corrected chi connectivity index (χ2v) is 6.58. The summed E-state index contributed by atoms with van der Waals surface area (Å²) >= 11 is 0. The molecule has 1 aliphatic carbocycles. The first-order chi connectivity index (χ1) is 9.31. The van der Waals surface area contributed by atoms with Gasteiger partial charge in [0.15, 0.2) is 0 Å². The van der Waals surface area contributed by atoms with Crippen molar-refractivity contribution in [3.63, 3.8) is 0 Å². The van der Waals surface area contributed by atoms with Crippen LogP contribution >= 0.6 is 0 Å². The lowest BCUT2D eigenvalue weighted by Crippen LogP contribution is -2.62. The highest BCUT2D eigenvalue weighted by molar-refractivity contribution is 5.82. The molecule has 0 bridgehead atoms. The SMILES string of the molecule is COC(=O)C(CN(C)CCN(C)C)(NC(C)C)C1CC1. The maximum Gasteiger partial charge on any atom is 0.327 e. The van der Waals surface area contributed by atoms with Crippen molar-refractivity contribution in [2.45, 2.75) is 38.3 Å². The fraction of sp³-hybridized carbons (Fsp3) is 0.933. The van der Waals surface area contributed by atoms with E-state index in [-0.39, 0.29) is 12.0 Å². The number of nitrogens with zero attached hydrogens (tertiary/aromatic N) is 2. The normalized spacial score (nSPS) is 18.6. The molecular formula is C15H31N3O2. The highest BCUT2D eigenvalue weighted by Crippen LogP contribution is 2.41. The Morgan fingerprint density at radius 3 is 2.30 bits per heavy atom. The van der Waals surface area contributed by atoms with Gasteiger partial charge in [0.2, 0.25) is 0 Å². The van der Waals surface area contributed by atoms with Crippen molar-refractivity contribution in [1.29, 1.82) is 0 Å². The van der Waals surface area contributed by atoms with Gasteiger partial charge in [0.05, 0.1) is 7.11 Å². The molecular weight excluding hydrogens is 254 g/mol. The first-order valence-corrected chi connectivity index (χ1v) is 7.51. The van der Waals surface area contributed by atoms with E-state index in [1.807, 2.05) is 0 Å². The molecule has 1 unspecified atom stereocenters. The zero-order valence-corrected chi connectivity index (χ0v) is 13.9. The molecule has 118 valence electrons. The van der Waals surface area contributed by atoms with Crippen LogP contribution in [0.1, 0.15) is 26.7 Å². The number of carbonyl (C=O) groups is 1. The average molecular weight is 285 g/mol. The van der Waals surface area contributed by atoms with Crippen LogP contribution in [0.2, 0.25) is 0 Å². The van der Waals surface area contributed by atoms with Crippen LogP contribution in [0.25, 0.3) is 0 Å². The third-order valence-electron chi connectivity index (χ3n) is 3.82. The van der Waals surface area contributed by atoms with Crippen LogP contribution in [-0.4, -0.2) is 75.2 Å². The van der Waals surface area contributed by atoms with E-state index in [9.17, 15) is 4.79 Å². The van der Waals surface area contributed by atoms with Gasteiger partial charge in [-0.2, -0.15) is 0 Å². The lowest BCUT2D eigenvalue weighted by atomic mass is 9.91. The van der Waals surface area contributed by atoms with Gasteiger partial charge in [-0.25, -0.2) is 4.79 Å². The number of likely N-dealkylation sites (N-methyl/N-ethyl adjacent to an activating group) is 2. The van der Waals surface area contributed by atoms with Crippen LogP contribution in [0.15, 0.2) is 0 Å². The Kier molecular flexibility index (Phi) is 6.43.